The van der Waals surface area contributed by atoms with Crippen LogP contribution in [-0.4, -0.2) is 36.5 Å². The smallest absolute Gasteiger partial charge is 0.325 e. The van der Waals surface area contributed by atoms with Gasteiger partial charge in [0.1, 0.15) is 6.54 Å². The van der Waals surface area contributed by atoms with Gasteiger partial charge in [0.15, 0.2) is 0 Å². The molecule has 0 atom stereocenters. The molecule has 5 nitrogen and oxygen atoms in total. The van der Waals surface area contributed by atoms with Gasteiger partial charge >= 0.3 is 6.03 Å². The molecular formula is C24H23N3O2. The lowest BCUT2D eigenvalue weighted by Crippen LogP contribution is -2.41. The van der Waals surface area contributed by atoms with Gasteiger partial charge in [-0.2, -0.15) is 0 Å². The Labute approximate surface area is 170 Å². The van der Waals surface area contributed by atoms with E-state index in [-0.39, 0.29) is 24.5 Å². The minimum atomic E-state index is -0.257. The van der Waals surface area contributed by atoms with E-state index in [0.717, 1.165) is 16.8 Å². The molecule has 1 N–H and O–H groups in total. The Morgan fingerprint density at radius 1 is 0.793 bits per heavy atom. The van der Waals surface area contributed by atoms with Crippen LogP contribution in [0.2, 0.25) is 0 Å². The predicted molar refractivity (Wildman–Crippen MR) is 114 cm³/mol. The monoisotopic (exact) mass is 385 g/mol. The maximum absolute atomic E-state index is 12.8. The molecule has 3 aromatic carbocycles. The molecule has 1 aliphatic heterocycles. The molecule has 146 valence electrons. The summed E-state index contributed by atoms with van der Waals surface area (Å²) in [5.74, 6) is -0.175. The van der Waals surface area contributed by atoms with Gasteiger partial charge in [-0.05, 0) is 23.3 Å². The van der Waals surface area contributed by atoms with Gasteiger partial charge in [-0.25, -0.2) is 4.79 Å². The largest absolute Gasteiger partial charge is 0.344 e. The first-order valence-corrected chi connectivity index (χ1v) is 9.73. The zero-order valence-corrected chi connectivity index (χ0v) is 16.1. The maximum Gasteiger partial charge on any atom is 0.325 e. The van der Waals surface area contributed by atoms with Crippen LogP contribution in [0.1, 0.15) is 17.2 Å². The summed E-state index contributed by atoms with van der Waals surface area (Å²) in [6.45, 7) is 1.15. The van der Waals surface area contributed by atoms with Gasteiger partial charge in [0, 0.05) is 18.8 Å². The van der Waals surface area contributed by atoms with Gasteiger partial charge in [-0.1, -0.05) is 78.9 Å². The molecule has 3 aromatic rings. The number of nitrogens with one attached hydrogen (secondary N) is 1. The lowest BCUT2D eigenvalue weighted by atomic mass is 9.99. The van der Waals surface area contributed by atoms with Crippen molar-refractivity contribution < 1.29 is 9.59 Å². The Hall–Kier alpha value is -3.60. The van der Waals surface area contributed by atoms with E-state index in [0.29, 0.717) is 13.1 Å². The average Bonchev–Trinajstić information content (AvgIpc) is 3.14. The van der Waals surface area contributed by atoms with Crippen molar-refractivity contribution in [2.24, 2.45) is 0 Å². The molecule has 0 spiro atoms. The second-order valence-electron chi connectivity index (χ2n) is 7.01. The predicted octanol–water partition coefficient (Wildman–Crippen LogP) is 3.83. The number of carbonyl (C=O) groups excluding carboxylic acids is 2. The normalized spacial score (nSPS) is 13.8. The second-order valence-corrected chi connectivity index (χ2v) is 7.01. The number of hydrogen-bond donors (Lipinski definition) is 1. The summed E-state index contributed by atoms with van der Waals surface area (Å²) >= 11 is 0. The van der Waals surface area contributed by atoms with Gasteiger partial charge in [0.25, 0.3) is 0 Å². The van der Waals surface area contributed by atoms with Gasteiger partial charge in [-0.3, -0.25) is 9.69 Å². The molecule has 0 radical (unpaired) electrons. The van der Waals surface area contributed by atoms with E-state index < -0.39 is 0 Å². The number of amides is 3. The van der Waals surface area contributed by atoms with Crippen molar-refractivity contribution in [2.75, 3.05) is 24.5 Å². The highest BCUT2D eigenvalue weighted by Crippen LogP contribution is 2.23. The zero-order chi connectivity index (χ0) is 20.1. The molecule has 0 bridgehead atoms. The summed E-state index contributed by atoms with van der Waals surface area (Å²) < 4.78 is 0. The van der Waals surface area contributed by atoms with Crippen LogP contribution < -0.4 is 10.2 Å². The summed E-state index contributed by atoms with van der Waals surface area (Å²) in [4.78, 5) is 28.9. The molecule has 1 saturated heterocycles. The molecule has 1 fully saturated rings. The third kappa shape index (κ3) is 4.29. The summed E-state index contributed by atoms with van der Waals surface area (Å²) in [5.41, 5.74) is 2.86. The van der Waals surface area contributed by atoms with Crippen LogP contribution in [0.3, 0.4) is 0 Å². The van der Waals surface area contributed by atoms with Crippen LogP contribution in [0, 0.1) is 0 Å². The van der Waals surface area contributed by atoms with Crippen LogP contribution in [0.4, 0.5) is 10.5 Å². The lowest BCUT2D eigenvalue weighted by molar-refractivity contribution is -0.122. The molecule has 1 heterocycles. The molecule has 0 aliphatic carbocycles. The van der Waals surface area contributed by atoms with Crippen molar-refractivity contribution in [1.29, 1.82) is 0 Å². The number of carbonyl (C=O) groups is 2. The SMILES string of the molecule is O=C(CN1CCN(c2ccccc2)C1=O)NC(c1ccccc1)c1ccccc1. The molecule has 3 amide bonds. The van der Waals surface area contributed by atoms with Crippen LogP contribution in [0.25, 0.3) is 0 Å². The summed E-state index contributed by atoms with van der Waals surface area (Å²) in [5, 5.41) is 3.10. The third-order valence-electron chi connectivity index (χ3n) is 5.07. The maximum atomic E-state index is 12.8. The Morgan fingerprint density at radius 2 is 1.31 bits per heavy atom. The van der Waals surface area contributed by atoms with E-state index in [9.17, 15) is 9.59 Å². The summed E-state index contributed by atoms with van der Waals surface area (Å²) in [6.07, 6.45) is 0. The minimum absolute atomic E-state index is 0.0400. The molecule has 4 rings (SSSR count). The Balaban J connectivity index is 1.46. The second kappa shape index (κ2) is 8.61. The molecule has 5 heteroatoms. The fraction of sp³-hybridized carbons (Fsp3) is 0.167. The van der Waals surface area contributed by atoms with Gasteiger partial charge in [-0.15, -0.1) is 0 Å². The Morgan fingerprint density at radius 3 is 1.86 bits per heavy atom. The number of rotatable bonds is 6. The molecule has 29 heavy (non-hydrogen) atoms. The first-order valence-electron chi connectivity index (χ1n) is 9.73. The van der Waals surface area contributed by atoms with Gasteiger partial charge < -0.3 is 10.2 Å². The van der Waals surface area contributed by atoms with Crippen molar-refractivity contribution >= 4 is 17.6 Å². The number of nitrogens with zero attached hydrogens (tertiary/aromatic N) is 2. The summed E-state index contributed by atoms with van der Waals surface area (Å²) in [6, 6.07) is 28.9. The van der Waals surface area contributed by atoms with Crippen LogP contribution in [0.15, 0.2) is 91.0 Å². The molecule has 0 aromatic heterocycles. The fourth-order valence-electron chi connectivity index (χ4n) is 3.61. The number of urea groups is 1. The van der Waals surface area contributed by atoms with E-state index in [4.69, 9.17) is 0 Å². The highest BCUT2D eigenvalue weighted by atomic mass is 16.2. The third-order valence-corrected chi connectivity index (χ3v) is 5.07. The van der Waals surface area contributed by atoms with Crippen molar-refractivity contribution in [3.63, 3.8) is 0 Å². The van der Waals surface area contributed by atoms with E-state index in [1.807, 2.05) is 91.0 Å². The first-order chi connectivity index (χ1) is 14.2. The Kier molecular flexibility index (Phi) is 5.56. The van der Waals surface area contributed by atoms with E-state index >= 15 is 0 Å². The fourth-order valence-corrected chi connectivity index (χ4v) is 3.61. The quantitative estimate of drug-likeness (QED) is 0.701. The molecular weight excluding hydrogens is 362 g/mol. The minimum Gasteiger partial charge on any atom is -0.344 e. The van der Waals surface area contributed by atoms with E-state index in [2.05, 4.69) is 5.32 Å². The highest BCUT2D eigenvalue weighted by Gasteiger charge is 2.31. The number of anilines is 1. The van der Waals surface area contributed by atoms with E-state index in [1.165, 1.54) is 0 Å². The van der Waals surface area contributed by atoms with E-state index in [1.54, 1.807) is 9.80 Å². The molecule has 1 aliphatic rings. The first kappa shape index (κ1) is 18.7. The molecule has 0 unspecified atom stereocenters. The number of para-hydroxylation sites is 1. The Bertz CT molecular complexity index is 922. The van der Waals surface area contributed by atoms with Crippen molar-refractivity contribution in [3.05, 3.63) is 102 Å². The standard InChI is InChI=1S/C24H23N3O2/c28-22(18-26-16-17-27(24(26)29)21-14-8-3-9-15-21)25-23(19-10-4-1-5-11-19)20-12-6-2-7-13-20/h1-15,23H,16-18H2,(H,25,28). The van der Waals surface area contributed by atoms with Crippen molar-refractivity contribution in [3.8, 4) is 0 Å². The lowest BCUT2D eigenvalue weighted by Gasteiger charge is -2.22. The zero-order valence-electron chi connectivity index (χ0n) is 16.1. The summed E-state index contributed by atoms with van der Waals surface area (Å²) in [7, 11) is 0. The van der Waals surface area contributed by atoms with Crippen LogP contribution in [0.5, 0.6) is 0 Å². The highest BCUT2D eigenvalue weighted by molar-refractivity contribution is 5.96. The number of hydrogen-bond acceptors (Lipinski definition) is 2. The van der Waals surface area contributed by atoms with Crippen LogP contribution in [-0.2, 0) is 4.79 Å². The topological polar surface area (TPSA) is 52.7 Å². The van der Waals surface area contributed by atoms with Gasteiger partial charge in [0.05, 0.1) is 6.04 Å². The average molecular weight is 385 g/mol. The van der Waals surface area contributed by atoms with Gasteiger partial charge in [0.2, 0.25) is 5.91 Å². The van der Waals surface area contributed by atoms with Crippen molar-refractivity contribution in [1.82, 2.24) is 10.2 Å². The van der Waals surface area contributed by atoms with Crippen LogP contribution >= 0.6 is 0 Å². The van der Waals surface area contributed by atoms with Crippen molar-refractivity contribution in [2.45, 2.75) is 6.04 Å². The molecule has 0 saturated carbocycles. The number of benzene rings is 3.